The van der Waals surface area contributed by atoms with Crippen molar-refractivity contribution in [2.24, 2.45) is 12.8 Å². The van der Waals surface area contributed by atoms with Gasteiger partial charge < -0.3 is 16.0 Å². The van der Waals surface area contributed by atoms with Crippen LogP contribution >= 0.6 is 0 Å². The van der Waals surface area contributed by atoms with E-state index in [-0.39, 0.29) is 5.91 Å². The normalized spacial score (nSPS) is 12.4. The van der Waals surface area contributed by atoms with E-state index in [2.05, 4.69) is 20.4 Å². The smallest absolute Gasteiger partial charge is 0.237 e. The van der Waals surface area contributed by atoms with Gasteiger partial charge in [0, 0.05) is 37.1 Å². The summed E-state index contributed by atoms with van der Waals surface area (Å²) in [6.07, 6.45) is 4.64. The second kappa shape index (κ2) is 6.62. The van der Waals surface area contributed by atoms with Crippen molar-refractivity contribution >= 4 is 16.8 Å². The van der Waals surface area contributed by atoms with Crippen molar-refractivity contribution in [1.82, 2.24) is 25.1 Å². The number of aryl methyl sites for hydroxylation is 1. The highest BCUT2D eigenvalue weighted by Crippen LogP contribution is 2.18. The average Bonchev–Trinajstić information content (AvgIpc) is 3.14. The summed E-state index contributed by atoms with van der Waals surface area (Å²) < 4.78 is 1.64. The third-order valence-corrected chi connectivity index (χ3v) is 3.75. The number of aromatic amines is 1. The first-order chi connectivity index (χ1) is 11.1. The molecule has 3 aromatic rings. The predicted molar refractivity (Wildman–Crippen MR) is 87.7 cm³/mol. The van der Waals surface area contributed by atoms with Gasteiger partial charge in [-0.2, -0.15) is 5.10 Å². The highest BCUT2D eigenvalue weighted by Gasteiger charge is 2.16. The molecular formula is C16H20N6O. The molecule has 0 bridgehead atoms. The minimum Gasteiger partial charge on any atom is -0.361 e. The van der Waals surface area contributed by atoms with Gasteiger partial charge in [-0.3, -0.25) is 9.48 Å². The maximum atomic E-state index is 12.1. The number of aromatic nitrogens is 4. The van der Waals surface area contributed by atoms with Gasteiger partial charge >= 0.3 is 0 Å². The summed E-state index contributed by atoms with van der Waals surface area (Å²) in [5, 5.41) is 8.11. The number of benzene rings is 1. The topological polar surface area (TPSA) is 102 Å². The van der Waals surface area contributed by atoms with Gasteiger partial charge in [0.05, 0.1) is 6.04 Å². The molecule has 7 nitrogen and oxygen atoms in total. The van der Waals surface area contributed by atoms with E-state index in [1.165, 1.54) is 0 Å². The van der Waals surface area contributed by atoms with Crippen molar-refractivity contribution in [2.45, 2.75) is 18.9 Å². The van der Waals surface area contributed by atoms with E-state index in [1.54, 1.807) is 11.0 Å². The number of para-hydroxylation sites is 1. The molecular weight excluding hydrogens is 292 g/mol. The van der Waals surface area contributed by atoms with E-state index in [4.69, 9.17) is 5.73 Å². The largest absolute Gasteiger partial charge is 0.361 e. The minimum atomic E-state index is -0.578. The average molecular weight is 312 g/mol. The number of amides is 1. The molecule has 2 aromatic heterocycles. The molecule has 0 saturated carbocycles. The molecule has 1 atom stereocenters. The summed E-state index contributed by atoms with van der Waals surface area (Å²) in [6.45, 7) is 0.477. The molecule has 23 heavy (non-hydrogen) atoms. The SMILES string of the molecule is Cn1cnc(CCNC(=O)[C@@H](N)Cc2c[nH]c3ccccc23)n1. The summed E-state index contributed by atoms with van der Waals surface area (Å²) in [7, 11) is 1.81. The summed E-state index contributed by atoms with van der Waals surface area (Å²) in [5.41, 5.74) is 8.12. The van der Waals surface area contributed by atoms with E-state index in [0.29, 0.717) is 25.2 Å². The Morgan fingerprint density at radius 3 is 3.04 bits per heavy atom. The number of hydrogen-bond acceptors (Lipinski definition) is 4. The molecule has 0 aliphatic heterocycles. The molecule has 7 heteroatoms. The number of hydrogen-bond donors (Lipinski definition) is 3. The van der Waals surface area contributed by atoms with Crippen molar-refractivity contribution in [3.8, 4) is 0 Å². The van der Waals surface area contributed by atoms with Crippen LogP contribution in [0.5, 0.6) is 0 Å². The summed E-state index contributed by atoms with van der Waals surface area (Å²) in [4.78, 5) is 19.4. The first-order valence-corrected chi connectivity index (χ1v) is 7.56. The third-order valence-electron chi connectivity index (χ3n) is 3.75. The van der Waals surface area contributed by atoms with E-state index in [1.807, 2.05) is 37.5 Å². The van der Waals surface area contributed by atoms with Crippen molar-refractivity contribution in [3.63, 3.8) is 0 Å². The van der Waals surface area contributed by atoms with Crippen molar-refractivity contribution in [1.29, 1.82) is 0 Å². The van der Waals surface area contributed by atoms with Crippen LogP contribution in [-0.4, -0.2) is 38.2 Å². The Labute approximate surface area is 133 Å². The van der Waals surface area contributed by atoms with Crippen LogP contribution in [0.3, 0.4) is 0 Å². The van der Waals surface area contributed by atoms with Crippen molar-refractivity contribution in [2.75, 3.05) is 6.54 Å². The minimum absolute atomic E-state index is 0.161. The quantitative estimate of drug-likeness (QED) is 0.618. The molecule has 3 rings (SSSR count). The molecule has 0 aliphatic rings. The monoisotopic (exact) mass is 312 g/mol. The van der Waals surface area contributed by atoms with Gasteiger partial charge in [-0.05, 0) is 18.1 Å². The van der Waals surface area contributed by atoms with Crippen LogP contribution in [0.4, 0.5) is 0 Å². The molecule has 120 valence electrons. The van der Waals surface area contributed by atoms with Crippen molar-refractivity contribution in [3.05, 3.63) is 48.2 Å². The molecule has 2 heterocycles. The molecule has 4 N–H and O–H groups in total. The zero-order valence-electron chi connectivity index (χ0n) is 13.0. The summed E-state index contributed by atoms with van der Waals surface area (Å²) in [6, 6.07) is 7.40. The van der Waals surface area contributed by atoms with E-state index in [0.717, 1.165) is 16.5 Å². The molecule has 0 radical (unpaired) electrons. The maximum Gasteiger partial charge on any atom is 0.237 e. The summed E-state index contributed by atoms with van der Waals surface area (Å²) in [5.74, 6) is 0.546. The molecule has 1 aromatic carbocycles. The van der Waals surface area contributed by atoms with Gasteiger partial charge in [0.2, 0.25) is 5.91 Å². The number of fused-ring (bicyclic) bond motifs is 1. The van der Waals surface area contributed by atoms with E-state index < -0.39 is 6.04 Å². The predicted octanol–water partition coefficient (Wildman–Crippen LogP) is 0.525. The van der Waals surface area contributed by atoms with Crippen LogP contribution in [0.2, 0.25) is 0 Å². The fourth-order valence-corrected chi connectivity index (χ4v) is 2.56. The number of H-pyrrole nitrogens is 1. The number of rotatable bonds is 6. The first kappa shape index (κ1) is 15.2. The van der Waals surface area contributed by atoms with Gasteiger partial charge in [-0.1, -0.05) is 18.2 Å². The Kier molecular flexibility index (Phi) is 4.38. The van der Waals surface area contributed by atoms with Crippen molar-refractivity contribution < 1.29 is 4.79 Å². The second-order valence-corrected chi connectivity index (χ2v) is 5.55. The Morgan fingerprint density at radius 2 is 2.26 bits per heavy atom. The van der Waals surface area contributed by atoms with Crippen LogP contribution in [0.15, 0.2) is 36.8 Å². The lowest BCUT2D eigenvalue weighted by Crippen LogP contribution is -2.42. The van der Waals surface area contributed by atoms with Crippen LogP contribution in [0, 0.1) is 0 Å². The zero-order chi connectivity index (χ0) is 16.2. The van der Waals surface area contributed by atoms with Crippen LogP contribution in [-0.2, 0) is 24.7 Å². The molecule has 0 unspecified atom stereocenters. The standard InChI is InChI=1S/C16H20N6O/c1-22-10-20-15(21-22)6-7-18-16(23)13(17)8-11-9-19-14-5-3-2-4-12(11)14/h2-5,9-10,13,19H,6-8,17H2,1H3,(H,18,23)/t13-/m0/s1. The van der Waals surface area contributed by atoms with Crippen LogP contribution in [0.1, 0.15) is 11.4 Å². The van der Waals surface area contributed by atoms with Crippen LogP contribution in [0.25, 0.3) is 10.9 Å². The fourth-order valence-electron chi connectivity index (χ4n) is 2.56. The van der Waals surface area contributed by atoms with Gasteiger partial charge in [0.25, 0.3) is 0 Å². The number of nitrogens with zero attached hydrogens (tertiary/aromatic N) is 3. The number of carbonyl (C=O) groups excluding carboxylic acids is 1. The Morgan fingerprint density at radius 1 is 1.43 bits per heavy atom. The summed E-state index contributed by atoms with van der Waals surface area (Å²) >= 11 is 0. The lowest BCUT2D eigenvalue weighted by atomic mass is 10.1. The fraction of sp³-hybridized carbons (Fsp3) is 0.312. The van der Waals surface area contributed by atoms with Gasteiger partial charge in [0.15, 0.2) is 5.82 Å². The Balaban J connectivity index is 1.53. The van der Waals surface area contributed by atoms with E-state index in [9.17, 15) is 4.79 Å². The Hall–Kier alpha value is -2.67. The van der Waals surface area contributed by atoms with Gasteiger partial charge in [0.1, 0.15) is 6.33 Å². The maximum absolute atomic E-state index is 12.1. The van der Waals surface area contributed by atoms with Crippen LogP contribution < -0.4 is 11.1 Å². The third kappa shape index (κ3) is 3.57. The lowest BCUT2D eigenvalue weighted by molar-refractivity contribution is -0.122. The second-order valence-electron chi connectivity index (χ2n) is 5.55. The first-order valence-electron chi connectivity index (χ1n) is 7.56. The molecule has 0 fully saturated rings. The van der Waals surface area contributed by atoms with Gasteiger partial charge in [-0.15, -0.1) is 0 Å². The lowest BCUT2D eigenvalue weighted by Gasteiger charge is -2.11. The Bertz CT molecular complexity index is 806. The highest BCUT2D eigenvalue weighted by atomic mass is 16.2. The van der Waals surface area contributed by atoms with Gasteiger partial charge in [-0.25, -0.2) is 4.98 Å². The van der Waals surface area contributed by atoms with E-state index >= 15 is 0 Å². The number of carbonyl (C=O) groups is 1. The molecule has 0 aliphatic carbocycles. The number of nitrogens with one attached hydrogen (secondary N) is 2. The number of nitrogens with two attached hydrogens (primary N) is 1. The zero-order valence-corrected chi connectivity index (χ0v) is 13.0. The molecule has 0 saturated heterocycles. The molecule has 0 spiro atoms. The highest BCUT2D eigenvalue weighted by molar-refractivity contribution is 5.86. The molecule has 1 amide bonds.